The van der Waals surface area contributed by atoms with Gasteiger partial charge in [0.05, 0.1) is 6.20 Å². The Morgan fingerprint density at radius 1 is 1.25 bits per heavy atom. The summed E-state index contributed by atoms with van der Waals surface area (Å²) in [5.74, 6) is 0. The van der Waals surface area contributed by atoms with Gasteiger partial charge >= 0.3 is 0 Å². The van der Waals surface area contributed by atoms with E-state index in [1.165, 1.54) is 12.4 Å². The van der Waals surface area contributed by atoms with Crippen LogP contribution in [0.1, 0.15) is 0 Å². The SMILES string of the molecule is Br.[O-][n+]1ccnc2ccccc21. The molecule has 0 aliphatic carbocycles. The lowest BCUT2D eigenvalue weighted by Gasteiger charge is -1.97. The normalized spacial score (nSPS) is 9.33. The molecule has 1 aromatic carbocycles. The molecule has 1 heterocycles. The first-order valence-corrected chi connectivity index (χ1v) is 3.31. The fraction of sp³-hybridized carbons (Fsp3) is 0. The molecule has 0 atom stereocenters. The van der Waals surface area contributed by atoms with E-state index in [2.05, 4.69) is 4.98 Å². The summed E-state index contributed by atoms with van der Waals surface area (Å²) in [6.45, 7) is 0. The molecule has 3 nitrogen and oxygen atoms in total. The van der Waals surface area contributed by atoms with Crippen LogP contribution in [0.15, 0.2) is 36.7 Å². The van der Waals surface area contributed by atoms with Gasteiger partial charge in [-0.3, -0.25) is 0 Å². The third-order valence-electron chi connectivity index (χ3n) is 1.53. The maximum Gasteiger partial charge on any atom is 0.242 e. The number of hydrogen-bond acceptors (Lipinski definition) is 2. The second-order valence-electron chi connectivity index (χ2n) is 2.24. The lowest BCUT2D eigenvalue weighted by atomic mass is 10.3. The van der Waals surface area contributed by atoms with Crippen molar-refractivity contribution in [2.75, 3.05) is 0 Å². The third-order valence-corrected chi connectivity index (χ3v) is 1.53. The van der Waals surface area contributed by atoms with Crippen LogP contribution >= 0.6 is 17.0 Å². The molecule has 2 rings (SSSR count). The van der Waals surface area contributed by atoms with Gasteiger partial charge in [0.15, 0.2) is 6.20 Å². The van der Waals surface area contributed by atoms with Gasteiger partial charge < -0.3 is 5.21 Å². The van der Waals surface area contributed by atoms with E-state index in [0.717, 1.165) is 10.2 Å². The summed E-state index contributed by atoms with van der Waals surface area (Å²) in [4.78, 5) is 4.02. The van der Waals surface area contributed by atoms with Gasteiger partial charge in [-0.05, 0) is 6.07 Å². The van der Waals surface area contributed by atoms with Gasteiger partial charge in [-0.15, -0.1) is 17.0 Å². The lowest BCUT2D eigenvalue weighted by molar-refractivity contribution is -0.577. The highest BCUT2D eigenvalue weighted by Crippen LogP contribution is 2.03. The van der Waals surface area contributed by atoms with Crippen molar-refractivity contribution in [1.29, 1.82) is 0 Å². The number of hydrogen-bond donors (Lipinski definition) is 0. The Morgan fingerprint density at radius 2 is 2.00 bits per heavy atom. The molecule has 0 saturated carbocycles. The van der Waals surface area contributed by atoms with Crippen LogP contribution in [0.25, 0.3) is 11.0 Å². The summed E-state index contributed by atoms with van der Waals surface area (Å²) in [7, 11) is 0. The molecular weight excluding hydrogens is 220 g/mol. The van der Waals surface area contributed by atoms with Gasteiger partial charge in [-0.2, -0.15) is 4.73 Å². The van der Waals surface area contributed by atoms with Crippen LogP contribution in [0.3, 0.4) is 0 Å². The van der Waals surface area contributed by atoms with Gasteiger partial charge in [0, 0.05) is 6.07 Å². The largest absolute Gasteiger partial charge is 0.618 e. The molecule has 62 valence electrons. The first kappa shape index (κ1) is 8.93. The molecule has 0 aliphatic heterocycles. The van der Waals surface area contributed by atoms with Crippen LogP contribution in [0.2, 0.25) is 0 Å². The molecule has 12 heavy (non-hydrogen) atoms. The summed E-state index contributed by atoms with van der Waals surface area (Å²) >= 11 is 0. The van der Waals surface area contributed by atoms with Crippen LogP contribution in [0, 0.1) is 5.21 Å². The summed E-state index contributed by atoms with van der Waals surface area (Å²) in [6, 6.07) is 7.23. The molecule has 0 amide bonds. The van der Waals surface area contributed by atoms with Crippen molar-refractivity contribution in [1.82, 2.24) is 4.98 Å². The van der Waals surface area contributed by atoms with Crippen molar-refractivity contribution in [3.8, 4) is 0 Å². The van der Waals surface area contributed by atoms with E-state index in [0.29, 0.717) is 5.52 Å². The molecule has 1 aromatic heterocycles. The second-order valence-corrected chi connectivity index (χ2v) is 2.24. The third kappa shape index (κ3) is 1.38. The zero-order valence-electron chi connectivity index (χ0n) is 6.18. The van der Waals surface area contributed by atoms with Crippen molar-refractivity contribution >= 4 is 28.0 Å². The Hall–Kier alpha value is -1.16. The van der Waals surface area contributed by atoms with E-state index in [9.17, 15) is 5.21 Å². The average Bonchev–Trinajstić information content (AvgIpc) is 2.06. The zero-order valence-corrected chi connectivity index (χ0v) is 7.89. The summed E-state index contributed by atoms with van der Waals surface area (Å²) < 4.78 is 0.808. The van der Waals surface area contributed by atoms with Crippen molar-refractivity contribution in [3.05, 3.63) is 41.9 Å². The molecule has 0 unspecified atom stereocenters. The minimum absolute atomic E-state index is 0. The molecule has 0 aliphatic rings. The minimum Gasteiger partial charge on any atom is -0.618 e. The minimum atomic E-state index is 0. The first-order chi connectivity index (χ1) is 5.38. The maximum absolute atomic E-state index is 11.1. The highest BCUT2D eigenvalue weighted by molar-refractivity contribution is 8.93. The van der Waals surface area contributed by atoms with Crippen molar-refractivity contribution in [2.24, 2.45) is 0 Å². The zero-order chi connectivity index (χ0) is 7.68. The first-order valence-electron chi connectivity index (χ1n) is 3.31. The van der Waals surface area contributed by atoms with Crippen molar-refractivity contribution in [3.63, 3.8) is 0 Å². The van der Waals surface area contributed by atoms with E-state index in [4.69, 9.17) is 0 Å². The fourth-order valence-electron chi connectivity index (χ4n) is 1.01. The second kappa shape index (κ2) is 3.49. The fourth-order valence-corrected chi connectivity index (χ4v) is 1.01. The lowest BCUT2D eigenvalue weighted by Crippen LogP contribution is -2.26. The van der Waals surface area contributed by atoms with E-state index >= 15 is 0 Å². The monoisotopic (exact) mass is 226 g/mol. The number of aromatic nitrogens is 2. The maximum atomic E-state index is 11.1. The van der Waals surface area contributed by atoms with Gasteiger partial charge in [-0.1, -0.05) is 12.1 Å². The summed E-state index contributed by atoms with van der Waals surface area (Å²) in [6.07, 6.45) is 2.89. The predicted molar refractivity (Wildman–Crippen MR) is 51.0 cm³/mol. The Balaban J connectivity index is 0.000000720. The van der Waals surface area contributed by atoms with Gasteiger partial charge in [0.2, 0.25) is 5.52 Å². The average molecular weight is 227 g/mol. The van der Waals surface area contributed by atoms with Crippen LogP contribution < -0.4 is 4.73 Å². The number of fused-ring (bicyclic) bond motifs is 1. The molecule has 0 bridgehead atoms. The van der Waals surface area contributed by atoms with E-state index < -0.39 is 0 Å². The summed E-state index contributed by atoms with van der Waals surface area (Å²) in [5.41, 5.74) is 1.33. The molecule has 0 spiro atoms. The van der Waals surface area contributed by atoms with Crippen molar-refractivity contribution in [2.45, 2.75) is 0 Å². The number of para-hydroxylation sites is 2. The molecule has 2 aromatic rings. The molecule has 0 fully saturated rings. The highest BCUT2D eigenvalue weighted by Gasteiger charge is 1.99. The molecule has 0 N–H and O–H groups in total. The van der Waals surface area contributed by atoms with Gasteiger partial charge in [-0.25, -0.2) is 4.98 Å². The number of nitrogens with zero attached hydrogens (tertiary/aromatic N) is 2. The predicted octanol–water partition coefficient (Wildman–Crippen LogP) is 1.45. The van der Waals surface area contributed by atoms with Gasteiger partial charge in [0.25, 0.3) is 0 Å². The Kier molecular flexibility index (Phi) is 2.60. The van der Waals surface area contributed by atoms with Crippen molar-refractivity contribution < 1.29 is 4.73 Å². The van der Waals surface area contributed by atoms with Crippen LogP contribution in [0.5, 0.6) is 0 Å². The van der Waals surface area contributed by atoms with Gasteiger partial charge in [0.1, 0.15) is 5.52 Å². The smallest absolute Gasteiger partial charge is 0.242 e. The van der Waals surface area contributed by atoms with Crippen LogP contribution in [-0.4, -0.2) is 4.98 Å². The topological polar surface area (TPSA) is 39.8 Å². The molecular formula is C8H7BrN2O. The summed E-state index contributed by atoms with van der Waals surface area (Å²) in [5, 5.41) is 11.1. The van der Waals surface area contributed by atoms with E-state index in [-0.39, 0.29) is 17.0 Å². The number of halogens is 1. The van der Waals surface area contributed by atoms with E-state index in [1.54, 1.807) is 6.07 Å². The van der Waals surface area contributed by atoms with Crippen LogP contribution in [0.4, 0.5) is 0 Å². The highest BCUT2D eigenvalue weighted by atomic mass is 79.9. The Bertz CT molecular complexity index is 386. The Morgan fingerprint density at radius 3 is 2.75 bits per heavy atom. The number of rotatable bonds is 0. The molecule has 0 saturated heterocycles. The van der Waals surface area contributed by atoms with Crippen LogP contribution in [-0.2, 0) is 0 Å². The standard InChI is InChI=1S/C8H6N2O.BrH/c11-10-6-5-9-7-3-1-2-4-8(7)10;/h1-6H;1H. The molecule has 4 heteroatoms. The Labute approximate surface area is 80.0 Å². The molecule has 0 radical (unpaired) electrons. The van der Waals surface area contributed by atoms with E-state index in [1.807, 2.05) is 18.2 Å². The number of benzene rings is 1. The quantitative estimate of drug-likeness (QED) is 0.504.